The Bertz CT molecular complexity index is 1170. The summed E-state index contributed by atoms with van der Waals surface area (Å²) in [6.07, 6.45) is 1.74. The van der Waals surface area contributed by atoms with Crippen molar-refractivity contribution >= 4 is 5.91 Å². The Balaban J connectivity index is 1.80. The Labute approximate surface area is 187 Å². The Kier molecular flexibility index (Phi) is 6.63. The molecule has 32 heavy (non-hydrogen) atoms. The van der Waals surface area contributed by atoms with Crippen LogP contribution in [0.1, 0.15) is 15.9 Å². The number of carbonyl (C=O) groups is 1. The van der Waals surface area contributed by atoms with E-state index in [1.54, 1.807) is 22.9 Å². The summed E-state index contributed by atoms with van der Waals surface area (Å²) >= 11 is 0. The van der Waals surface area contributed by atoms with Crippen LogP contribution in [0.5, 0.6) is 5.75 Å². The molecule has 1 N–H and O–H groups in total. The second-order valence-corrected chi connectivity index (χ2v) is 7.31. The van der Waals surface area contributed by atoms with Gasteiger partial charge in [-0.1, -0.05) is 60.7 Å². The van der Waals surface area contributed by atoms with E-state index in [-0.39, 0.29) is 19.1 Å². The fraction of sp³-hybridized carbons (Fsp3) is 0.154. The first-order valence-corrected chi connectivity index (χ1v) is 10.4. The van der Waals surface area contributed by atoms with Crippen molar-refractivity contribution in [2.24, 2.45) is 0 Å². The number of ether oxygens (including phenoxy) is 1. The molecular formula is C26H25N3O3. The Hall–Kier alpha value is -3.90. The maximum Gasteiger partial charge on any atom is 0.258 e. The van der Waals surface area contributed by atoms with Crippen LogP contribution in [0, 0.1) is 0 Å². The first kappa shape index (κ1) is 21.3. The molecule has 6 heteroatoms. The monoisotopic (exact) mass is 427 g/mol. The molecule has 0 aliphatic rings. The molecule has 4 aromatic rings. The van der Waals surface area contributed by atoms with Gasteiger partial charge in [-0.15, -0.1) is 0 Å². The van der Waals surface area contributed by atoms with Gasteiger partial charge < -0.3 is 14.7 Å². The first-order chi connectivity index (χ1) is 15.7. The molecule has 1 heterocycles. The van der Waals surface area contributed by atoms with E-state index in [0.29, 0.717) is 23.6 Å². The average Bonchev–Trinajstić information content (AvgIpc) is 3.30. The fourth-order valence-corrected chi connectivity index (χ4v) is 3.63. The molecule has 0 fully saturated rings. The van der Waals surface area contributed by atoms with Gasteiger partial charge in [0.1, 0.15) is 11.4 Å². The zero-order valence-corrected chi connectivity index (χ0v) is 17.9. The van der Waals surface area contributed by atoms with E-state index in [1.807, 2.05) is 84.9 Å². The minimum absolute atomic E-state index is 0.130. The topological polar surface area (TPSA) is 67.6 Å². The molecule has 3 aromatic carbocycles. The molecule has 0 unspecified atom stereocenters. The number of hydrogen-bond acceptors (Lipinski definition) is 4. The lowest BCUT2D eigenvalue weighted by atomic mass is 10.1. The van der Waals surface area contributed by atoms with Gasteiger partial charge in [0.05, 0.1) is 25.0 Å². The third kappa shape index (κ3) is 4.55. The van der Waals surface area contributed by atoms with Crippen LogP contribution in [0.3, 0.4) is 0 Å². The summed E-state index contributed by atoms with van der Waals surface area (Å²) in [6.45, 7) is 0.479. The van der Waals surface area contributed by atoms with Crippen molar-refractivity contribution in [1.29, 1.82) is 0 Å². The van der Waals surface area contributed by atoms with Gasteiger partial charge in [-0.2, -0.15) is 5.10 Å². The summed E-state index contributed by atoms with van der Waals surface area (Å²) in [5.74, 6) is 0.433. The van der Waals surface area contributed by atoms with Gasteiger partial charge >= 0.3 is 0 Å². The molecule has 162 valence electrons. The minimum Gasteiger partial charge on any atom is -0.496 e. The standard InChI is InChI=1S/C26H25N3O3/c1-32-24-15-9-8-14-22(24)25-23(19-29(27-25)21-12-6-3-7-13-21)26(31)28(16-17-30)18-20-10-4-2-5-11-20/h2-15,19,30H,16-18H2,1H3. The van der Waals surface area contributed by atoms with Gasteiger partial charge in [0, 0.05) is 24.8 Å². The number of hydrogen-bond donors (Lipinski definition) is 1. The van der Waals surface area contributed by atoms with E-state index in [1.165, 1.54) is 0 Å². The Morgan fingerprint density at radius 2 is 1.62 bits per heavy atom. The number of methoxy groups -OCH3 is 1. The van der Waals surface area contributed by atoms with Crippen LogP contribution >= 0.6 is 0 Å². The third-order valence-electron chi connectivity index (χ3n) is 5.20. The van der Waals surface area contributed by atoms with Gasteiger partial charge in [0.15, 0.2) is 0 Å². The molecule has 0 spiro atoms. The highest BCUT2D eigenvalue weighted by atomic mass is 16.5. The van der Waals surface area contributed by atoms with E-state index in [2.05, 4.69) is 0 Å². The third-order valence-corrected chi connectivity index (χ3v) is 5.20. The zero-order valence-electron chi connectivity index (χ0n) is 17.9. The van der Waals surface area contributed by atoms with E-state index in [4.69, 9.17) is 9.84 Å². The highest BCUT2D eigenvalue weighted by Crippen LogP contribution is 2.32. The summed E-state index contributed by atoms with van der Waals surface area (Å²) in [5.41, 5.74) is 3.55. The van der Waals surface area contributed by atoms with Gasteiger partial charge in [-0.3, -0.25) is 4.79 Å². The van der Waals surface area contributed by atoms with Crippen molar-refractivity contribution in [1.82, 2.24) is 14.7 Å². The van der Waals surface area contributed by atoms with Crippen molar-refractivity contribution in [2.45, 2.75) is 6.54 Å². The predicted molar refractivity (Wildman–Crippen MR) is 124 cm³/mol. The molecule has 6 nitrogen and oxygen atoms in total. The quantitative estimate of drug-likeness (QED) is 0.458. The maximum absolute atomic E-state index is 13.7. The van der Waals surface area contributed by atoms with Gasteiger partial charge in [-0.25, -0.2) is 4.68 Å². The van der Waals surface area contributed by atoms with E-state index < -0.39 is 0 Å². The summed E-state index contributed by atoms with van der Waals surface area (Å²) in [6, 6.07) is 26.9. The summed E-state index contributed by atoms with van der Waals surface area (Å²) in [4.78, 5) is 15.3. The summed E-state index contributed by atoms with van der Waals surface area (Å²) in [7, 11) is 1.60. The molecule has 1 amide bonds. The lowest BCUT2D eigenvalue weighted by Gasteiger charge is -2.22. The number of amides is 1. The SMILES string of the molecule is COc1ccccc1-c1nn(-c2ccccc2)cc1C(=O)N(CCO)Cc1ccccc1. The Morgan fingerprint density at radius 1 is 0.969 bits per heavy atom. The first-order valence-electron chi connectivity index (χ1n) is 10.4. The van der Waals surface area contributed by atoms with Crippen LogP contribution in [0.25, 0.3) is 16.9 Å². The van der Waals surface area contributed by atoms with E-state index in [0.717, 1.165) is 16.8 Å². The van der Waals surface area contributed by atoms with Crippen LogP contribution in [0.15, 0.2) is 91.1 Å². The number of nitrogens with zero attached hydrogens (tertiary/aromatic N) is 3. The molecule has 0 aliphatic heterocycles. The van der Waals surface area contributed by atoms with Crippen LogP contribution in [-0.2, 0) is 6.54 Å². The normalized spacial score (nSPS) is 10.7. The Morgan fingerprint density at radius 3 is 2.31 bits per heavy atom. The fourth-order valence-electron chi connectivity index (χ4n) is 3.63. The van der Waals surface area contributed by atoms with Gasteiger partial charge in [0.2, 0.25) is 0 Å². The number of aliphatic hydroxyl groups is 1. The molecule has 0 bridgehead atoms. The highest BCUT2D eigenvalue weighted by molar-refractivity contribution is 6.00. The number of benzene rings is 3. The van der Waals surface area contributed by atoms with Crippen molar-refractivity contribution < 1.29 is 14.6 Å². The summed E-state index contributed by atoms with van der Waals surface area (Å²) < 4.78 is 7.24. The van der Waals surface area contributed by atoms with Crippen molar-refractivity contribution in [3.8, 4) is 22.7 Å². The zero-order chi connectivity index (χ0) is 22.3. The van der Waals surface area contributed by atoms with Gasteiger partial charge in [-0.05, 0) is 29.8 Å². The maximum atomic E-state index is 13.7. The van der Waals surface area contributed by atoms with Crippen LogP contribution in [-0.4, -0.2) is 46.0 Å². The van der Waals surface area contributed by atoms with E-state index >= 15 is 0 Å². The number of carbonyl (C=O) groups excluding carboxylic acids is 1. The molecular weight excluding hydrogens is 402 g/mol. The van der Waals surface area contributed by atoms with Crippen molar-refractivity contribution in [3.05, 3.63) is 102 Å². The predicted octanol–water partition coefficient (Wildman–Crippen LogP) is 4.18. The van der Waals surface area contributed by atoms with E-state index in [9.17, 15) is 9.90 Å². The lowest BCUT2D eigenvalue weighted by Crippen LogP contribution is -2.33. The lowest BCUT2D eigenvalue weighted by molar-refractivity contribution is 0.0708. The van der Waals surface area contributed by atoms with Gasteiger partial charge in [0.25, 0.3) is 5.91 Å². The second-order valence-electron chi connectivity index (χ2n) is 7.31. The van der Waals surface area contributed by atoms with Crippen LogP contribution in [0.4, 0.5) is 0 Å². The molecule has 0 saturated heterocycles. The highest BCUT2D eigenvalue weighted by Gasteiger charge is 2.25. The molecule has 0 atom stereocenters. The van der Waals surface area contributed by atoms with Crippen LogP contribution in [0.2, 0.25) is 0 Å². The van der Waals surface area contributed by atoms with Crippen molar-refractivity contribution in [3.63, 3.8) is 0 Å². The molecule has 0 radical (unpaired) electrons. The molecule has 4 rings (SSSR count). The number of aromatic nitrogens is 2. The van der Waals surface area contributed by atoms with Crippen molar-refractivity contribution in [2.75, 3.05) is 20.3 Å². The molecule has 1 aromatic heterocycles. The molecule has 0 aliphatic carbocycles. The number of rotatable bonds is 8. The van der Waals surface area contributed by atoms with Crippen LogP contribution < -0.4 is 4.74 Å². The summed E-state index contributed by atoms with van der Waals surface area (Å²) in [5, 5.41) is 14.4. The second kappa shape index (κ2) is 9.94. The average molecular weight is 428 g/mol. The minimum atomic E-state index is -0.203. The number of para-hydroxylation sites is 2. The largest absolute Gasteiger partial charge is 0.496 e. The number of aliphatic hydroxyl groups excluding tert-OH is 1. The molecule has 0 saturated carbocycles. The smallest absolute Gasteiger partial charge is 0.258 e.